The summed E-state index contributed by atoms with van der Waals surface area (Å²) in [5.41, 5.74) is 1.63. The van der Waals surface area contributed by atoms with Gasteiger partial charge in [0.2, 0.25) is 5.91 Å². The predicted molar refractivity (Wildman–Crippen MR) is 83.6 cm³/mol. The Hall–Kier alpha value is -2.24. The summed E-state index contributed by atoms with van der Waals surface area (Å²) in [5, 5.41) is 5.39. The van der Waals surface area contributed by atoms with Crippen LogP contribution < -0.4 is 15.5 Å². The van der Waals surface area contributed by atoms with Crippen LogP contribution >= 0.6 is 0 Å². The lowest BCUT2D eigenvalue weighted by atomic mass is 10.2. The Morgan fingerprint density at radius 3 is 2.52 bits per heavy atom. The minimum atomic E-state index is -0.364. The largest absolute Gasteiger partial charge is 0.376 e. The van der Waals surface area contributed by atoms with E-state index in [9.17, 15) is 9.59 Å². The lowest BCUT2D eigenvalue weighted by Crippen LogP contribution is -2.40. The van der Waals surface area contributed by atoms with Crippen LogP contribution in [0.1, 0.15) is 12.8 Å². The molecule has 1 heterocycles. The molecule has 3 amide bonds. The molecule has 1 fully saturated rings. The minimum absolute atomic E-state index is 0.0245. The number of nitrogens with one attached hydrogen (secondary N) is 2. The number of anilines is 2. The van der Waals surface area contributed by atoms with Gasteiger partial charge in [-0.1, -0.05) is 12.1 Å². The van der Waals surface area contributed by atoms with Crippen molar-refractivity contribution in [3.05, 3.63) is 24.3 Å². The smallest absolute Gasteiger partial charge is 0.319 e. The molecule has 0 unspecified atom stereocenters. The summed E-state index contributed by atoms with van der Waals surface area (Å²) < 4.78 is 0. The minimum Gasteiger partial charge on any atom is -0.376 e. The van der Waals surface area contributed by atoms with Gasteiger partial charge in [0.05, 0.1) is 17.9 Å². The van der Waals surface area contributed by atoms with Gasteiger partial charge in [-0.2, -0.15) is 0 Å². The molecule has 0 atom stereocenters. The van der Waals surface area contributed by atoms with Crippen LogP contribution in [0.25, 0.3) is 0 Å². The number of benzene rings is 1. The fraction of sp³-hybridized carbons (Fsp3) is 0.467. The molecule has 0 aliphatic carbocycles. The summed E-state index contributed by atoms with van der Waals surface area (Å²) in [4.78, 5) is 27.5. The molecule has 1 aliphatic heterocycles. The Morgan fingerprint density at radius 2 is 1.86 bits per heavy atom. The lowest BCUT2D eigenvalue weighted by molar-refractivity contribution is -0.128. The molecule has 0 bridgehead atoms. The summed E-state index contributed by atoms with van der Waals surface area (Å²) in [6.07, 6.45) is 2.10. The van der Waals surface area contributed by atoms with Gasteiger partial charge in [-0.15, -0.1) is 0 Å². The van der Waals surface area contributed by atoms with Crippen molar-refractivity contribution < 1.29 is 9.59 Å². The van der Waals surface area contributed by atoms with Crippen LogP contribution in [0.2, 0.25) is 0 Å². The molecule has 6 nitrogen and oxygen atoms in total. The van der Waals surface area contributed by atoms with Crippen LogP contribution in [0.4, 0.5) is 16.2 Å². The van der Waals surface area contributed by atoms with Crippen LogP contribution in [-0.2, 0) is 4.79 Å². The molecule has 2 rings (SSSR count). The summed E-state index contributed by atoms with van der Waals surface area (Å²) in [6.45, 7) is 1.63. The van der Waals surface area contributed by atoms with E-state index < -0.39 is 0 Å². The molecule has 1 aromatic carbocycles. The lowest BCUT2D eigenvalue weighted by Gasteiger charge is -2.18. The van der Waals surface area contributed by atoms with Crippen molar-refractivity contribution in [3.8, 4) is 0 Å². The first-order valence-electron chi connectivity index (χ1n) is 7.17. The molecule has 2 N–H and O–H groups in total. The fourth-order valence-corrected chi connectivity index (χ4v) is 2.37. The van der Waals surface area contributed by atoms with Crippen molar-refractivity contribution in [1.29, 1.82) is 0 Å². The van der Waals surface area contributed by atoms with Crippen molar-refractivity contribution in [2.45, 2.75) is 12.8 Å². The fourth-order valence-electron chi connectivity index (χ4n) is 2.37. The number of carbonyl (C=O) groups is 2. The van der Waals surface area contributed by atoms with Crippen LogP contribution in [-0.4, -0.2) is 50.6 Å². The summed E-state index contributed by atoms with van der Waals surface area (Å²) in [7, 11) is 3.82. The monoisotopic (exact) mass is 290 g/mol. The predicted octanol–water partition coefficient (Wildman–Crippen LogP) is 1.50. The molecule has 1 aliphatic rings. The molecule has 1 saturated heterocycles. The summed E-state index contributed by atoms with van der Waals surface area (Å²) in [6, 6.07) is 7.16. The van der Waals surface area contributed by atoms with Crippen LogP contribution in [0.3, 0.4) is 0 Å². The zero-order valence-electron chi connectivity index (χ0n) is 12.6. The Labute approximate surface area is 125 Å². The number of urea groups is 1. The number of hydrogen-bond acceptors (Lipinski definition) is 3. The van der Waals surface area contributed by atoms with E-state index in [1.165, 1.54) is 0 Å². The third-order valence-corrected chi connectivity index (χ3v) is 3.49. The highest BCUT2D eigenvalue weighted by Crippen LogP contribution is 2.23. The number of hydrogen-bond donors (Lipinski definition) is 2. The van der Waals surface area contributed by atoms with Gasteiger partial charge in [0, 0.05) is 27.2 Å². The highest BCUT2D eigenvalue weighted by atomic mass is 16.2. The molecule has 1 aromatic rings. The van der Waals surface area contributed by atoms with Gasteiger partial charge < -0.3 is 20.4 Å². The van der Waals surface area contributed by atoms with Crippen LogP contribution in [0, 0.1) is 0 Å². The van der Waals surface area contributed by atoms with Crippen LogP contribution in [0.5, 0.6) is 0 Å². The maximum absolute atomic E-state index is 11.9. The number of carbonyl (C=O) groups excluding carboxylic acids is 2. The van der Waals surface area contributed by atoms with E-state index in [1.807, 2.05) is 43.3 Å². The van der Waals surface area contributed by atoms with Gasteiger partial charge in [0.25, 0.3) is 0 Å². The van der Waals surface area contributed by atoms with Gasteiger partial charge in [0.1, 0.15) is 0 Å². The van der Waals surface area contributed by atoms with Crippen molar-refractivity contribution in [2.24, 2.45) is 0 Å². The molecule has 0 radical (unpaired) electrons. The second kappa shape index (κ2) is 6.97. The van der Waals surface area contributed by atoms with Gasteiger partial charge in [-0.3, -0.25) is 4.79 Å². The Balaban J connectivity index is 1.86. The quantitative estimate of drug-likeness (QED) is 0.883. The number of rotatable bonds is 4. The number of para-hydroxylation sites is 2. The molecular formula is C15H22N4O2. The van der Waals surface area contributed by atoms with Crippen molar-refractivity contribution in [3.63, 3.8) is 0 Å². The number of nitrogens with zero attached hydrogens (tertiary/aromatic N) is 2. The normalized spacial score (nSPS) is 13.9. The Kier molecular flexibility index (Phi) is 5.03. The second-order valence-electron chi connectivity index (χ2n) is 5.31. The zero-order valence-corrected chi connectivity index (χ0v) is 12.6. The Morgan fingerprint density at radius 1 is 1.19 bits per heavy atom. The summed E-state index contributed by atoms with van der Waals surface area (Å²) >= 11 is 0. The molecular weight excluding hydrogens is 268 g/mol. The third-order valence-electron chi connectivity index (χ3n) is 3.49. The van der Waals surface area contributed by atoms with Crippen molar-refractivity contribution in [1.82, 2.24) is 10.2 Å². The average molecular weight is 290 g/mol. The highest BCUT2D eigenvalue weighted by Gasteiger charge is 2.18. The van der Waals surface area contributed by atoms with Crippen molar-refractivity contribution >= 4 is 23.3 Å². The molecule has 114 valence electrons. The van der Waals surface area contributed by atoms with E-state index in [0.29, 0.717) is 5.69 Å². The second-order valence-corrected chi connectivity index (χ2v) is 5.31. The average Bonchev–Trinajstić information content (AvgIpc) is 2.99. The SMILES string of the molecule is CN(C)c1ccccc1NC(=O)NCC(=O)N1CCCC1. The van der Waals surface area contributed by atoms with E-state index in [2.05, 4.69) is 10.6 Å². The highest BCUT2D eigenvalue weighted by molar-refractivity contribution is 5.95. The van der Waals surface area contributed by atoms with Gasteiger partial charge in [-0.25, -0.2) is 4.79 Å². The molecule has 6 heteroatoms. The first-order chi connectivity index (χ1) is 10.1. The topological polar surface area (TPSA) is 64.7 Å². The maximum Gasteiger partial charge on any atom is 0.319 e. The van der Waals surface area contributed by atoms with E-state index in [-0.39, 0.29) is 18.5 Å². The first kappa shape index (κ1) is 15.2. The standard InChI is InChI=1S/C15H22N4O2/c1-18(2)13-8-4-3-7-12(13)17-15(21)16-11-14(20)19-9-5-6-10-19/h3-4,7-8H,5-6,9-11H2,1-2H3,(H2,16,17,21). The van der Waals surface area contributed by atoms with Crippen LogP contribution in [0.15, 0.2) is 24.3 Å². The van der Waals surface area contributed by atoms with E-state index in [1.54, 1.807) is 4.90 Å². The van der Waals surface area contributed by atoms with E-state index >= 15 is 0 Å². The Bertz CT molecular complexity index is 510. The molecule has 21 heavy (non-hydrogen) atoms. The summed E-state index contributed by atoms with van der Waals surface area (Å²) in [5.74, 6) is -0.0245. The third kappa shape index (κ3) is 4.11. The molecule has 0 aromatic heterocycles. The number of likely N-dealkylation sites (tertiary alicyclic amines) is 1. The number of amides is 3. The van der Waals surface area contributed by atoms with E-state index in [0.717, 1.165) is 31.6 Å². The van der Waals surface area contributed by atoms with E-state index in [4.69, 9.17) is 0 Å². The molecule has 0 saturated carbocycles. The van der Waals surface area contributed by atoms with Gasteiger partial charge >= 0.3 is 6.03 Å². The first-order valence-corrected chi connectivity index (χ1v) is 7.17. The zero-order chi connectivity index (χ0) is 15.2. The maximum atomic E-state index is 11.9. The van der Waals surface area contributed by atoms with Gasteiger partial charge in [-0.05, 0) is 25.0 Å². The van der Waals surface area contributed by atoms with Crippen molar-refractivity contribution in [2.75, 3.05) is 43.9 Å². The molecule has 0 spiro atoms. The van der Waals surface area contributed by atoms with Gasteiger partial charge in [0.15, 0.2) is 0 Å².